The van der Waals surface area contributed by atoms with E-state index in [4.69, 9.17) is 0 Å². The van der Waals surface area contributed by atoms with Crippen LogP contribution in [0.3, 0.4) is 0 Å². The number of hydrogen-bond donors (Lipinski definition) is 2. The summed E-state index contributed by atoms with van der Waals surface area (Å²) in [5.41, 5.74) is 4.69. The fourth-order valence-electron chi connectivity index (χ4n) is 3.09. The number of benzene rings is 1. The predicted molar refractivity (Wildman–Crippen MR) is 110 cm³/mol. The lowest BCUT2D eigenvalue weighted by Crippen LogP contribution is -2.10. The van der Waals surface area contributed by atoms with Gasteiger partial charge in [0.25, 0.3) is 0 Å². The zero-order valence-electron chi connectivity index (χ0n) is 16.5. The van der Waals surface area contributed by atoms with Crippen molar-refractivity contribution in [2.75, 3.05) is 10.6 Å². The summed E-state index contributed by atoms with van der Waals surface area (Å²) in [5, 5.41) is 15.7. The van der Waals surface area contributed by atoms with Crippen molar-refractivity contribution >= 4 is 23.1 Å². The molecule has 0 atom stereocenters. The van der Waals surface area contributed by atoms with Crippen molar-refractivity contribution in [2.24, 2.45) is 7.05 Å². The van der Waals surface area contributed by atoms with Gasteiger partial charge in [-0.1, -0.05) is 44.2 Å². The molecular weight excluding hydrogens is 352 g/mol. The van der Waals surface area contributed by atoms with Crippen LogP contribution in [-0.4, -0.2) is 29.4 Å². The monoisotopic (exact) mass is 376 g/mol. The third-order valence-electron chi connectivity index (χ3n) is 4.54. The van der Waals surface area contributed by atoms with Crippen molar-refractivity contribution in [2.45, 2.75) is 33.2 Å². The SMILES string of the molecule is Cc1nn(C)cc1Nc1nc(NCc2ccccc2)c2ncc(C(C)C)n2n1. The van der Waals surface area contributed by atoms with Gasteiger partial charge >= 0.3 is 0 Å². The van der Waals surface area contributed by atoms with Gasteiger partial charge in [0.15, 0.2) is 11.5 Å². The third-order valence-corrected chi connectivity index (χ3v) is 4.54. The number of imidazole rings is 1. The lowest BCUT2D eigenvalue weighted by Gasteiger charge is -2.11. The maximum atomic E-state index is 4.68. The minimum atomic E-state index is 0.292. The van der Waals surface area contributed by atoms with Crippen molar-refractivity contribution in [1.29, 1.82) is 0 Å². The molecule has 8 nitrogen and oxygen atoms in total. The van der Waals surface area contributed by atoms with Crippen LogP contribution in [0.4, 0.5) is 17.5 Å². The van der Waals surface area contributed by atoms with E-state index in [0.717, 1.165) is 17.1 Å². The highest BCUT2D eigenvalue weighted by Crippen LogP contribution is 2.23. The fourth-order valence-corrected chi connectivity index (χ4v) is 3.09. The summed E-state index contributed by atoms with van der Waals surface area (Å²) in [6.07, 6.45) is 3.78. The summed E-state index contributed by atoms with van der Waals surface area (Å²) >= 11 is 0. The summed E-state index contributed by atoms with van der Waals surface area (Å²) in [6.45, 7) is 6.86. The molecule has 0 aliphatic carbocycles. The number of nitrogens with zero attached hydrogens (tertiary/aromatic N) is 6. The lowest BCUT2D eigenvalue weighted by molar-refractivity contribution is 0.754. The van der Waals surface area contributed by atoms with Crippen LogP contribution in [0.25, 0.3) is 5.65 Å². The van der Waals surface area contributed by atoms with E-state index in [1.807, 2.05) is 49.1 Å². The number of rotatable bonds is 6. The van der Waals surface area contributed by atoms with Crippen molar-refractivity contribution in [3.63, 3.8) is 0 Å². The maximum Gasteiger partial charge on any atom is 0.247 e. The molecule has 28 heavy (non-hydrogen) atoms. The largest absolute Gasteiger partial charge is 0.363 e. The quantitative estimate of drug-likeness (QED) is 0.534. The van der Waals surface area contributed by atoms with E-state index in [-0.39, 0.29) is 0 Å². The molecule has 4 aromatic rings. The van der Waals surface area contributed by atoms with E-state index in [2.05, 4.69) is 56.8 Å². The molecule has 144 valence electrons. The Morgan fingerprint density at radius 1 is 1.11 bits per heavy atom. The Morgan fingerprint density at radius 3 is 2.57 bits per heavy atom. The molecule has 0 radical (unpaired) electrons. The van der Waals surface area contributed by atoms with Gasteiger partial charge in [0.2, 0.25) is 5.95 Å². The molecular formula is C20H24N8. The summed E-state index contributed by atoms with van der Waals surface area (Å²) in [6, 6.07) is 10.2. The molecule has 8 heteroatoms. The summed E-state index contributed by atoms with van der Waals surface area (Å²) < 4.78 is 3.63. The van der Waals surface area contributed by atoms with Crippen molar-refractivity contribution in [3.05, 3.63) is 59.7 Å². The Balaban J connectivity index is 1.72. The topological polar surface area (TPSA) is 85.0 Å². The molecule has 0 unspecified atom stereocenters. The Labute approximate surface area is 163 Å². The smallest absolute Gasteiger partial charge is 0.247 e. The molecule has 3 aromatic heterocycles. The summed E-state index contributed by atoms with van der Waals surface area (Å²) in [5.74, 6) is 1.48. The van der Waals surface area contributed by atoms with Gasteiger partial charge in [0.05, 0.1) is 23.3 Å². The normalized spacial score (nSPS) is 11.3. The second kappa shape index (κ2) is 7.30. The molecule has 3 heterocycles. The Morgan fingerprint density at radius 2 is 1.89 bits per heavy atom. The number of aromatic nitrogens is 6. The number of aryl methyl sites for hydroxylation is 2. The minimum absolute atomic E-state index is 0.292. The van der Waals surface area contributed by atoms with Crippen LogP contribution in [0.1, 0.15) is 36.7 Å². The lowest BCUT2D eigenvalue weighted by atomic mass is 10.2. The number of fused-ring (bicyclic) bond motifs is 1. The molecule has 4 rings (SSSR count). The van der Waals surface area contributed by atoms with Crippen LogP contribution in [-0.2, 0) is 13.6 Å². The highest BCUT2D eigenvalue weighted by atomic mass is 15.4. The number of hydrogen-bond acceptors (Lipinski definition) is 6. The first kappa shape index (κ1) is 18.0. The predicted octanol–water partition coefficient (Wildman–Crippen LogP) is 3.65. The summed E-state index contributed by atoms with van der Waals surface area (Å²) in [4.78, 5) is 9.23. The molecule has 0 fully saturated rings. The number of nitrogens with one attached hydrogen (secondary N) is 2. The van der Waals surface area contributed by atoms with Gasteiger partial charge in [0.1, 0.15) is 0 Å². The van der Waals surface area contributed by atoms with Gasteiger partial charge in [-0.25, -0.2) is 9.50 Å². The molecule has 1 aromatic carbocycles. The molecule has 0 saturated carbocycles. The first-order chi connectivity index (χ1) is 13.5. The van der Waals surface area contributed by atoms with E-state index in [0.29, 0.717) is 29.9 Å². The first-order valence-electron chi connectivity index (χ1n) is 9.32. The zero-order chi connectivity index (χ0) is 19.7. The van der Waals surface area contributed by atoms with E-state index in [1.54, 1.807) is 4.68 Å². The second-order valence-corrected chi connectivity index (χ2v) is 7.12. The van der Waals surface area contributed by atoms with Gasteiger partial charge in [-0.05, 0) is 18.4 Å². The van der Waals surface area contributed by atoms with Crippen LogP contribution < -0.4 is 10.6 Å². The highest BCUT2D eigenvalue weighted by molar-refractivity contribution is 5.66. The van der Waals surface area contributed by atoms with Gasteiger partial charge in [-0.3, -0.25) is 4.68 Å². The molecule has 0 aliphatic rings. The van der Waals surface area contributed by atoms with Gasteiger partial charge in [-0.2, -0.15) is 10.1 Å². The number of anilines is 3. The summed E-state index contributed by atoms with van der Waals surface area (Å²) in [7, 11) is 1.89. The van der Waals surface area contributed by atoms with E-state index < -0.39 is 0 Å². The van der Waals surface area contributed by atoms with E-state index in [1.165, 1.54) is 5.56 Å². The minimum Gasteiger partial charge on any atom is -0.363 e. The van der Waals surface area contributed by atoms with E-state index in [9.17, 15) is 0 Å². The Hall–Kier alpha value is -3.42. The van der Waals surface area contributed by atoms with E-state index >= 15 is 0 Å². The molecule has 0 spiro atoms. The van der Waals surface area contributed by atoms with Gasteiger partial charge in [-0.15, -0.1) is 5.10 Å². The van der Waals surface area contributed by atoms with Crippen molar-refractivity contribution < 1.29 is 0 Å². The second-order valence-electron chi connectivity index (χ2n) is 7.12. The van der Waals surface area contributed by atoms with Crippen molar-refractivity contribution in [1.82, 2.24) is 29.4 Å². The van der Waals surface area contributed by atoms with Gasteiger partial charge in [0, 0.05) is 19.8 Å². The Kier molecular flexibility index (Phi) is 4.68. The van der Waals surface area contributed by atoms with Crippen LogP contribution in [0.5, 0.6) is 0 Å². The average Bonchev–Trinajstić information content (AvgIpc) is 3.23. The first-order valence-corrected chi connectivity index (χ1v) is 9.32. The van der Waals surface area contributed by atoms with Crippen LogP contribution in [0, 0.1) is 6.92 Å². The van der Waals surface area contributed by atoms with Crippen LogP contribution in [0.15, 0.2) is 42.7 Å². The molecule has 0 aliphatic heterocycles. The third kappa shape index (κ3) is 3.53. The molecule has 0 bridgehead atoms. The average molecular weight is 376 g/mol. The molecule has 2 N–H and O–H groups in total. The van der Waals surface area contributed by atoms with Gasteiger partial charge < -0.3 is 10.6 Å². The molecule has 0 amide bonds. The maximum absolute atomic E-state index is 4.68. The Bertz CT molecular complexity index is 1090. The zero-order valence-corrected chi connectivity index (χ0v) is 16.5. The van der Waals surface area contributed by atoms with Crippen molar-refractivity contribution in [3.8, 4) is 0 Å². The fraction of sp³-hybridized carbons (Fsp3) is 0.300. The van der Waals surface area contributed by atoms with Crippen LogP contribution in [0.2, 0.25) is 0 Å². The standard InChI is InChI=1S/C20H24N8/c1-13(2)17-11-22-19-18(21-10-15-8-6-5-7-9-15)24-20(26-28(17)19)23-16-12-27(4)25-14(16)3/h5-9,11-13H,10H2,1-4H3,(H2,21,23,24,26). The molecule has 0 saturated heterocycles. The highest BCUT2D eigenvalue weighted by Gasteiger charge is 2.16. The van der Waals surface area contributed by atoms with Crippen LogP contribution >= 0.6 is 0 Å².